The van der Waals surface area contributed by atoms with Gasteiger partial charge in [0, 0.05) is 39.0 Å². The van der Waals surface area contributed by atoms with Gasteiger partial charge in [0.15, 0.2) is 0 Å². The lowest BCUT2D eigenvalue weighted by molar-refractivity contribution is -0.131. The Balaban J connectivity index is 1.56. The molecule has 1 aliphatic rings. The molecule has 0 aliphatic carbocycles. The Bertz CT molecular complexity index is 671. The smallest absolute Gasteiger partial charge is 0.224 e. The summed E-state index contributed by atoms with van der Waals surface area (Å²) in [4.78, 5) is 16.4. The van der Waals surface area contributed by atoms with Gasteiger partial charge in [-0.2, -0.15) is 5.10 Å². The Morgan fingerprint density at radius 3 is 2.96 bits per heavy atom. The zero-order chi connectivity index (χ0) is 16.9. The quantitative estimate of drug-likeness (QED) is 0.814. The molecule has 0 unspecified atom stereocenters. The first kappa shape index (κ1) is 16.4. The van der Waals surface area contributed by atoms with Crippen LogP contribution in [0.4, 0.5) is 5.69 Å². The predicted molar refractivity (Wildman–Crippen MR) is 93.2 cm³/mol. The second-order valence-electron chi connectivity index (χ2n) is 6.04. The molecule has 0 saturated carbocycles. The van der Waals surface area contributed by atoms with Gasteiger partial charge in [0.2, 0.25) is 5.91 Å². The molecule has 6 nitrogen and oxygen atoms in total. The van der Waals surface area contributed by atoms with Gasteiger partial charge in [0.25, 0.3) is 0 Å². The zero-order valence-corrected chi connectivity index (χ0v) is 14.3. The number of fused-ring (bicyclic) bond motifs is 1. The highest BCUT2D eigenvalue weighted by Gasteiger charge is 2.26. The summed E-state index contributed by atoms with van der Waals surface area (Å²) in [5.74, 6) is 1.00. The molecule has 2 aromatic rings. The van der Waals surface area contributed by atoms with E-state index in [0.717, 1.165) is 24.5 Å². The van der Waals surface area contributed by atoms with Gasteiger partial charge in [-0.05, 0) is 25.1 Å². The summed E-state index contributed by atoms with van der Waals surface area (Å²) in [5, 5.41) is 4.12. The molecular formula is C18H24N4O2. The summed E-state index contributed by atoms with van der Waals surface area (Å²) in [6.07, 6.45) is 4.02. The van der Waals surface area contributed by atoms with Gasteiger partial charge in [0.05, 0.1) is 18.8 Å². The van der Waals surface area contributed by atoms with Gasteiger partial charge >= 0.3 is 0 Å². The molecule has 1 aromatic carbocycles. The molecule has 2 heterocycles. The van der Waals surface area contributed by atoms with Gasteiger partial charge in [-0.1, -0.05) is 12.1 Å². The number of anilines is 1. The molecular weight excluding hydrogens is 304 g/mol. The lowest BCUT2D eigenvalue weighted by Gasteiger charge is -2.37. The van der Waals surface area contributed by atoms with Crippen LogP contribution in [0.2, 0.25) is 0 Å². The van der Waals surface area contributed by atoms with Crippen molar-refractivity contribution in [1.82, 2.24) is 14.7 Å². The Morgan fingerprint density at radius 1 is 1.38 bits per heavy atom. The number of aryl methyl sites for hydroxylation is 1. The molecule has 0 N–H and O–H groups in total. The van der Waals surface area contributed by atoms with Crippen LogP contribution >= 0.6 is 0 Å². The van der Waals surface area contributed by atoms with Crippen LogP contribution in [-0.4, -0.2) is 53.4 Å². The SMILES string of the molecule is CCN1C[C@H](CN(C)C(=O)CCn2cccn2)Oc2ccccc21. The van der Waals surface area contributed by atoms with E-state index < -0.39 is 0 Å². The van der Waals surface area contributed by atoms with Gasteiger partial charge in [-0.3, -0.25) is 9.48 Å². The van der Waals surface area contributed by atoms with E-state index in [0.29, 0.717) is 19.5 Å². The molecule has 1 aliphatic heterocycles. The maximum atomic E-state index is 12.3. The van der Waals surface area contributed by atoms with Crippen LogP contribution in [0.3, 0.4) is 0 Å². The number of rotatable bonds is 6. The average molecular weight is 328 g/mol. The number of aromatic nitrogens is 2. The number of amides is 1. The van der Waals surface area contributed by atoms with E-state index in [1.54, 1.807) is 15.8 Å². The molecule has 0 fully saturated rings. The summed E-state index contributed by atoms with van der Waals surface area (Å²) < 4.78 is 7.86. The van der Waals surface area contributed by atoms with Crippen LogP contribution < -0.4 is 9.64 Å². The van der Waals surface area contributed by atoms with Crippen molar-refractivity contribution in [1.29, 1.82) is 0 Å². The number of hydrogen-bond acceptors (Lipinski definition) is 4. The number of ether oxygens (including phenoxy) is 1. The monoisotopic (exact) mass is 328 g/mol. The Morgan fingerprint density at radius 2 is 2.21 bits per heavy atom. The fraction of sp³-hybridized carbons (Fsp3) is 0.444. The summed E-state index contributed by atoms with van der Waals surface area (Å²) in [6.45, 7) is 5.05. The molecule has 1 amide bonds. The minimum Gasteiger partial charge on any atom is -0.485 e. The molecule has 3 rings (SSSR count). The molecule has 1 aromatic heterocycles. The zero-order valence-electron chi connectivity index (χ0n) is 14.3. The van der Waals surface area contributed by atoms with Crippen LogP contribution in [0.15, 0.2) is 42.7 Å². The molecule has 24 heavy (non-hydrogen) atoms. The van der Waals surface area contributed by atoms with E-state index in [2.05, 4.69) is 23.0 Å². The standard InChI is InChI=1S/C18H24N4O2/c1-3-21-14-15(24-17-8-5-4-7-16(17)21)13-20(2)18(23)9-12-22-11-6-10-19-22/h4-8,10-11,15H,3,9,12-14H2,1-2H3/t15-/m0/s1. The number of hydrogen-bond donors (Lipinski definition) is 0. The third kappa shape index (κ3) is 3.69. The van der Waals surface area contributed by atoms with Crippen molar-refractivity contribution >= 4 is 11.6 Å². The number of benzene rings is 1. The minimum atomic E-state index is -0.0153. The fourth-order valence-electron chi connectivity index (χ4n) is 3.01. The highest BCUT2D eigenvalue weighted by atomic mass is 16.5. The number of nitrogens with zero attached hydrogens (tertiary/aromatic N) is 4. The molecule has 0 bridgehead atoms. The largest absolute Gasteiger partial charge is 0.485 e. The lowest BCUT2D eigenvalue weighted by Crippen LogP contribution is -2.46. The fourth-order valence-corrected chi connectivity index (χ4v) is 3.01. The van der Waals surface area contributed by atoms with Gasteiger partial charge < -0.3 is 14.5 Å². The third-order valence-electron chi connectivity index (χ3n) is 4.32. The summed E-state index contributed by atoms with van der Waals surface area (Å²) in [6, 6.07) is 9.93. The van der Waals surface area contributed by atoms with Crippen LogP contribution in [0.25, 0.3) is 0 Å². The van der Waals surface area contributed by atoms with E-state index in [9.17, 15) is 4.79 Å². The molecule has 128 valence electrons. The highest BCUT2D eigenvalue weighted by Crippen LogP contribution is 2.32. The van der Waals surface area contributed by atoms with Gasteiger partial charge in [-0.15, -0.1) is 0 Å². The maximum Gasteiger partial charge on any atom is 0.224 e. The Labute approximate surface area is 142 Å². The van der Waals surface area contributed by atoms with Crippen molar-refractivity contribution in [2.75, 3.05) is 31.6 Å². The third-order valence-corrected chi connectivity index (χ3v) is 4.32. The first-order chi connectivity index (χ1) is 11.7. The normalized spacial score (nSPS) is 16.4. The van der Waals surface area contributed by atoms with Crippen LogP contribution in [-0.2, 0) is 11.3 Å². The van der Waals surface area contributed by atoms with Gasteiger partial charge in [-0.25, -0.2) is 0 Å². The van der Waals surface area contributed by atoms with Crippen LogP contribution in [0, 0.1) is 0 Å². The summed E-state index contributed by atoms with van der Waals surface area (Å²) >= 11 is 0. The first-order valence-corrected chi connectivity index (χ1v) is 8.39. The van der Waals surface area contributed by atoms with Crippen molar-refractivity contribution in [3.8, 4) is 5.75 Å². The minimum absolute atomic E-state index is 0.0153. The van der Waals surface area contributed by atoms with E-state index in [4.69, 9.17) is 4.74 Å². The summed E-state index contributed by atoms with van der Waals surface area (Å²) in [5.41, 5.74) is 1.13. The van der Waals surface area contributed by atoms with E-state index in [1.165, 1.54) is 0 Å². The van der Waals surface area contributed by atoms with Crippen LogP contribution in [0.1, 0.15) is 13.3 Å². The van der Waals surface area contributed by atoms with E-state index in [-0.39, 0.29) is 12.0 Å². The Kier molecular flexibility index (Phi) is 5.03. The van der Waals surface area contributed by atoms with Crippen LogP contribution in [0.5, 0.6) is 5.75 Å². The molecule has 6 heteroatoms. The van der Waals surface area contributed by atoms with E-state index in [1.807, 2.05) is 37.5 Å². The molecule has 0 saturated heterocycles. The van der Waals surface area contributed by atoms with Crippen molar-refractivity contribution in [2.45, 2.75) is 26.0 Å². The first-order valence-electron chi connectivity index (χ1n) is 8.39. The van der Waals surface area contributed by atoms with E-state index >= 15 is 0 Å². The molecule has 1 atom stereocenters. The lowest BCUT2D eigenvalue weighted by atomic mass is 10.1. The number of para-hydroxylation sites is 2. The number of carbonyl (C=O) groups is 1. The second kappa shape index (κ2) is 7.38. The van der Waals surface area contributed by atoms with Crippen molar-refractivity contribution in [3.05, 3.63) is 42.7 Å². The molecule has 0 spiro atoms. The van der Waals surface area contributed by atoms with Gasteiger partial charge in [0.1, 0.15) is 11.9 Å². The number of likely N-dealkylation sites (N-methyl/N-ethyl adjacent to an activating group) is 2. The predicted octanol–water partition coefficient (Wildman–Crippen LogP) is 2.02. The average Bonchev–Trinajstić information content (AvgIpc) is 3.12. The van der Waals surface area contributed by atoms with Crippen molar-refractivity contribution < 1.29 is 9.53 Å². The Hall–Kier alpha value is -2.50. The highest BCUT2D eigenvalue weighted by molar-refractivity contribution is 5.75. The van der Waals surface area contributed by atoms with Crippen molar-refractivity contribution in [2.24, 2.45) is 0 Å². The number of carbonyl (C=O) groups excluding carboxylic acids is 1. The second-order valence-corrected chi connectivity index (χ2v) is 6.04. The summed E-state index contributed by atoms with van der Waals surface area (Å²) in [7, 11) is 1.84. The molecule has 0 radical (unpaired) electrons. The topological polar surface area (TPSA) is 50.6 Å². The van der Waals surface area contributed by atoms with Crippen molar-refractivity contribution in [3.63, 3.8) is 0 Å². The maximum absolute atomic E-state index is 12.3.